The zero-order valence-corrected chi connectivity index (χ0v) is 11.2. The Hall–Kier alpha value is -1.91. The van der Waals surface area contributed by atoms with E-state index in [0.29, 0.717) is 5.52 Å². The molecule has 0 radical (unpaired) electrons. The number of hydrogen-bond donors (Lipinski definition) is 1. The van der Waals surface area contributed by atoms with E-state index < -0.39 is 6.61 Å². The predicted octanol–water partition coefficient (Wildman–Crippen LogP) is 3.76. The smallest absolute Gasteiger partial charge is 0.387 e. The third-order valence-electron chi connectivity index (χ3n) is 3.58. The summed E-state index contributed by atoms with van der Waals surface area (Å²) in [5, 5.41) is 4.20. The van der Waals surface area contributed by atoms with Crippen molar-refractivity contribution in [3.8, 4) is 5.75 Å². The van der Waals surface area contributed by atoms with Crippen molar-refractivity contribution in [1.82, 2.24) is 4.98 Å². The van der Waals surface area contributed by atoms with Gasteiger partial charge in [-0.25, -0.2) is 4.98 Å². The van der Waals surface area contributed by atoms with E-state index in [1.165, 1.54) is 5.56 Å². The molecule has 1 aromatic carbocycles. The maximum atomic E-state index is 12.5. The van der Waals surface area contributed by atoms with E-state index in [1.807, 2.05) is 13.0 Å². The van der Waals surface area contributed by atoms with E-state index in [2.05, 4.69) is 15.0 Å². The van der Waals surface area contributed by atoms with Gasteiger partial charge < -0.3 is 10.1 Å². The summed E-state index contributed by atoms with van der Waals surface area (Å²) >= 11 is 0. The highest BCUT2D eigenvalue weighted by Gasteiger charge is 2.21. The second kappa shape index (κ2) is 5.23. The highest BCUT2D eigenvalue weighted by molar-refractivity contribution is 5.97. The number of fused-ring (bicyclic) bond motifs is 2. The van der Waals surface area contributed by atoms with Crippen LogP contribution in [-0.2, 0) is 12.8 Å². The summed E-state index contributed by atoms with van der Waals surface area (Å²) in [6, 6.07) is 5.17. The number of nitrogens with one attached hydrogen (secondary N) is 1. The first kappa shape index (κ1) is 13.1. The van der Waals surface area contributed by atoms with Gasteiger partial charge in [0, 0.05) is 23.3 Å². The van der Waals surface area contributed by atoms with Gasteiger partial charge in [-0.3, -0.25) is 0 Å². The maximum absolute atomic E-state index is 12.5. The lowest BCUT2D eigenvalue weighted by molar-refractivity contribution is -0.0489. The predicted molar refractivity (Wildman–Crippen MR) is 74.6 cm³/mol. The lowest BCUT2D eigenvalue weighted by Gasteiger charge is -2.15. The van der Waals surface area contributed by atoms with E-state index in [1.54, 1.807) is 12.1 Å². The standard InChI is InChI=1S/C15H16F2N2O/c1-2-18-13-9-5-3-7-11(9)19-14-10(13)6-4-8-12(14)20-15(16)17/h4,6,8,15H,2-3,5,7H2,1H3,(H,18,19). The summed E-state index contributed by atoms with van der Waals surface area (Å²) in [7, 11) is 0. The molecule has 0 unspecified atom stereocenters. The fraction of sp³-hybridized carbons (Fsp3) is 0.400. The normalized spacial score (nSPS) is 13.8. The van der Waals surface area contributed by atoms with E-state index in [0.717, 1.165) is 42.6 Å². The van der Waals surface area contributed by atoms with Gasteiger partial charge >= 0.3 is 6.61 Å². The topological polar surface area (TPSA) is 34.2 Å². The summed E-state index contributed by atoms with van der Waals surface area (Å²) in [4.78, 5) is 4.55. The van der Waals surface area contributed by atoms with Crippen molar-refractivity contribution in [3.05, 3.63) is 29.5 Å². The van der Waals surface area contributed by atoms with Crippen LogP contribution in [0, 0.1) is 0 Å². The molecule has 0 spiro atoms. The quantitative estimate of drug-likeness (QED) is 0.924. The van der Waals surface area contributed by atoms with Crippen LogP contribution in [0.3, 0.4) is 0 Å². The Morgan fingerprint density at radius 3 is 2.95 bits per heavy atom. The van der Waals surface area contributed by atoms with Crippen molar-refractivity contribution in [1.29, 1.82) is 0 Å². The number of ether oxygens (including phenoxy) is 1. The maximum Gasteiger partial charge on any atom is 0.387 e. The number of alkyl halides is 2. The average Bonchev–Trinajstić information content (AvgIpc) is 2.87. The summed E-state index contributed by atoms with van der Waals surface area (Å²) in [5.41, 5.74) is 3.75. The van der Waals surface area contributed by atoms with Crippen LogP contribution in [0.2, 0.25) is 0 Å². The number of para-hydroxylation sites is 1. The van der Waals surface area contributed by atoms with Gasteiger partial charge in [-0.05, 0) is 37.8 Å². The number of benzene rings is 1. The van der Waals surface area contributed by atoms with Gasteiger partial charge in [-0.1, -0.05) is 12.1 Å². The molecule has 0 aliphatic heterocycles. The molecule has 5 heteroatoms. The summed E-state index contributed by atoms with van der Waals surface area (Å²) in [6.45, 7) is -0.0308. The van der Waals surface area contributed by atoms with Crippen molar-refractivity contribution < 1.29 is 13.5 Å². The first-order valence-corrected chi connectivity index (χ1v) is 6.84. The molecule has 20 heavy (non-hydrogen) atoms. The van der Waals surface area contributed by atoms with Crippen LogP contribution in [0.4, 0.5) is 14.5 Å². The number of aromatic nitrogens is 1. The number of hydrogen-bond acceptors (Lipinski definition) is 3. The highest BCUT2D eigenvalue weighted by Crippen LogP contribution is 2.37. The van der Waals surface area contributed by atoms with Gasteiger partial charge in [-0.15, -0.1) is 0 Å². The van der Waals surface area contributed by atoms with Gasteiger partial charge in [0.05, 0.1) is 0 Å². The van der Waals surface area contributed by atoms with Crippen LogP contribution in [0.25, 0.3) is 10.9 Å². The van der Waals surface area contributed by atoms with Crippen LogP contribution in [0.15, 0.2) is 18.2 Å². The Balaban J connectivity index is 2.23. The van der Waals surface area contributed by atoms with E-state index in [9.17, 15) is 8.78 Å². The van der Waals surface area contributed by atoms with Crippen LogP contribution in [0.1, 0.15) is 24.6 Å². The van der Waals surface area contributed by atoms with Crippen LogP contribution < -0.4 is 10.1 Å². The molecule has 0 fully saturated rings. The molecule has 3 nitrogen and oxygen atoms in total. The second-order valence-corrected chi connectivity index (χ2v) is 4.83. The molecule has 0 saturated heterocycles. The molecule has 1 aliphatic rings. The van der Waals surface area contributed by atoms with Gasteiger partial charge in [0.2, 0.25) is 0 Å². The molecular formula is C15H16F2N2O. The lowest BCUT2D eigenvalue weighted by Crippen LogP contribution is -2.06. The molecule has 1 aliphatic carbocycles. The number of pyridine rings is 1. The summed E-state index contributed by atoms with van der Waals surface area (Å²) in [6.07, 6.45) is 2.94. The monoisotopic (exact) mass is 278 g/mol. The third-order valence-corrected chi connectivity index (χ3v) is 3.58. The lowest BCUT2D eigenvalue weighted by atomic mass is 10.1. The van der Waals surface area contributed by atoms with E-state index >= 15 is 0 Å². The zero-order valence-electron chi connectivity index (χ0n) is 11.2. The Morgan fingerprint density at radius 2 is 2.20 bits per heavy atom. The van der Waals surface area contributed by atoms with Crippen molar-refractivity contribution in [3.63, 3.8) is 0 Å². The first-order chi connectivity index (χ1) is 9.70. The fourth-order valence-electron chi connectivity index (χ4n) is 2.83. The van der Waals surface area contributed by atoms with Crippen LogP contribution >= 0.6 is 0 Å². The van der Waals surface area contributed by atoms with E-state index in [4.69, 9.17) is 0 Å². The molecule has 1 heterocycles. The van der Waals surface area contributed by atoms with E-state index in [-0.39, 0.29) is 5.75 Å². The Morgan fingerprint density at radius 1 is 1.35 bits per heavy atom. The molecule has 2 aromatic rings. The number of nitrogens with zero attached hydrogens (tertiary/aromatic N) is 1. The summed E-state index contributed by atoms with van der Waals surface area (Å²) < 4.78 is 29.6. The van der Waals surface area contributed by atoms with Crippen molar-refractivity contribution in [2.45, 2.75) is 32.8 Å². The minimum Gasteiger partial charge on any atom is -0.432 e. The number of aryl methyl sites for hydroxylation is 1. The van der Waals surface area contributed by atoms with Gasteiger partial charge in [0.15, 0.2) is 5.75 Å². The van der Waals surface area contributed by atoms with Crippen LogP contribution in [0.5, 0.6) is 5.75 Å². The van der Waals surface area contributed by atoms with Gasteiger partial charge in [0.25, 0.3) is 0 Å². The summed E-state index contributed by atoms with van der Waals surface area (Å²) in [5.74, 6) is 0.145. The number of anilines is 1. The highest BCUT2D eigenvalue weighted by atomic mass is 19.3. The van der Waals surface area contributed by atoms with Crippen molar-refractivity contribution >= 4 is 16.6 Å². The third kappa shape index (κ3) is 2.17. The molecule has 3 rings (SSSR count). The number of rotatable bonds is 4. The zero-order chi connectivity index (χ0) is 14.1. The largest absolute Gasteiger partial charge is 0.432 e. The van der Waals surface area contributed by atoms with Gasteiger partial charge in [-0.2, -0.15) is 8.78 Å². The Bertz CT molecular complexity index is 643. The molecular weight excluding hydrogens is 262 g/mol. The molecule has 0 amide bonds. The number of halogens is 2. The first-order valence-electron chi connectivity index (χ1n) is 6.84. The van der Waals surface area contributed by atoms with Crippen molar-refractivity contribution in [2.75, 3.05) is 11.9 Å². The van der Waals surface area contributed by atoms with Gasteiger partial charge in [0.1, 0.15) is 5.52 Å². The van der Waals surface area contributed by atoms with Crippen molar-refractivity contribution in [2.24, 2.45) is 0 Å². The molecule has 0 saturated carbocycles. The Kier molecular flexibility index (Phi) is 3.42. The molecule has 0 atom stereocenters. The van der Waals surface area contributed by atoms with Crippen LogP contribution in [-0.4, -0.2) is 18.1 Å². The minimum absolute atomic E-state index is 0.145. The second-order valence-electron chi connectivity index (χ2n) is 4.83. The SMILES string of the molecule is CCNc1c2c(nc3c(OC(F)F)cccc13)CCC2. The molecule has 0 bridgehead atoms. The Labute approximate surface area is 116 Å². The molecule has 1 N–H and O–H groups in total. The fourth-order valence-corrected chi connectivity index (χ4v) is 2.83. The molecule has 106 valence electrons. The molecule has 1 aromatic heterocycles. The average molecular weight is 278 g/mol. The minimum atomic E-state index is -2.83.